The van der Waals surface area contributed by atoms with Crippen molar-refractivity contribution in [2.24, 2.45) is 0 Å². The molecular formula is C10H11FN2. The van der Waals surface area contributed by atoms with E-state index in [0.29, 0.717) is 0 Å². The van der Waals surface area contributed by atoms with Crippen LogP contribution < -0.4 is 10.6 Å². The highest BCUT2D eigenvalue weighted by atomic mass is 19.1. The first-order chi connectivity index (χ1) is 6.25. The molecule has 13 heavy (non-hydrogen) atoms. The average Bonchev–Trinajstić information content (AvgIpc) is 2.25. The van der Waals surface area contributed by atoms with Gasteiger partial charge in [0.15, 0.2) is 0 Å². The Morgan fingerprint density at radius 1 is 1.38 bits per heavy atom. The third-order valence-corrected chi connectivity index (χ3v) is 2.09. The van der Waals surface area contributed by atoms with E-state index in [9.17, 15) is 4.39 Å². The lowest BCUT2D eigenvalue weighted by atomic mass is 10.1. The van der Waals surface area contributed by atoms with Crippen LogP contribution in [0.15, 0.2) is 30.6 Å². The molecule has 2 rings (SSSR count). The number of rotatable bonds is 0. The molecule has 1 aromatic rings. The van der Waals surface area contributed by atoms with Crippen LogP contribution >= 0.6 is 0 Å². The molecule has 1 aliphatic rings. The predicted octanol–water partition coefficient (Wildman–Crippen LogP) is 1.85. The topological polar surface area (TPSA) is 24.1 Å². The largest absolute Gasteiger partial charge is 0.372 e. The summed E-state index contributed by atoms with van der Waals surface area (Å²) in [6.07, 6.45) is 0.819. The molecule has 0 saturated carbocycles. The second-order valence-electron chi connectivity index (χ2n) is 3.08. The Kier molecular flexibility index (Phi) is 1.93. The van der Waals surface area contributed by atoms with Gasteiger partial charge < -0.3 is 10.6 Å². The van der Waals surface area contributed by atoms with E-state index in [1.807, 2.05) is 0 Å². The maximum absolute atomic E-state index is 12.9. The highest BCUT2D eigenvalue weighted by Gasteiger charge is 2.08. The lowest BCUT2D eigenvalue weighted by Crippen LogP contribution is -2.17. The van der Waals surface area contributed by atoms with Gasteiger partial charge >= 0.3 is 0 Å². The third kappa shape index (κ3) is 1.64. The minimum atomic E-state index is -0.187. The van der Waals surface area contributed by atoms with Crippen molar-refractivity contribution in [1.82, 2.24) is 5.32 Å². The van der Waals surface area contributed by atoms with Gasteiger partial charge in [0.25, 0.3) is 0 Å². The average molecular weight is 178 g/mol. The van der Waals surface area contributed by atoms with Crippen molar-refractivity contribution >= 4 is 5.69 Å². The first kappa shape index (κ1) is 8.10. The van der Waals surface area contributed by atoms with E-state index >= 15 is 0 Å². The molecule has 1 aromatic carbocycles. The number of fused-ring (bicyclic) bond motifs is 1. The summed E-state index contributed by atoms with van der Waals surface area (Å²) in [5, 5.41) is 6.16. The smallest absolute Gasteiger partial charge is 0.123 e. The predicted molar refractivity (Wildman–Crippen MR) is 50.9 cm³/mol. The molecule has 2 nitrogen and oxygen atoms in total. The Bertz CT molecular complexity index is 347. The van der Waals surface area contributed by atoms with E-state index in [2.05, 4.69) is 17.2 Å². The molecule has 0 aliphatic carbocycles. The Balaban J connectivity index is 2.40. The molecule has 0 unspecified atom stereocenters. The summed E-state index contributed by atoms with van der Waals surface area (Å²) in [5.74, 6) is 0.582. The molecule has 0 aromatic heterocycles. The number of hydrogen-bond acceptors (Lipinski definition) is 2. The molecule has 0 amide bonds. The fraction of sp³-hybridized carbons (Fsp3) is 0.200. The first-order valence-corrected chi connectivity index (χ1v) is 4.24. The van der Waals surface area contributed by atoms with E-state index < -0.39 is 0 Å². The standard InChI is InChI=1S/C10H11FN2/c1-7-12-5-4-8-6-9(11)2-3-10(8)13-7/h2-3,6,12-13H,1,4-5H2. The molecule has 3 heteroatoms. The molecule has 1 aliphatic heterocycles. The Morgan fingerprint density at radius 3 is 3.08 bits per heavy atom. The van der Waals surface area contributed by atoms with Gasteiger partial charge in [-0.2, -0.15) is 0 Å². The minimum Gasteiger partial charge on any atom is -0.372 e. The molecule has 1 heterocycles. The zero-order chi connectivity index (χ0) is 9.26. The van der Waals surface area contributed by atoms with Crippen LogP contribution in [0.1, 0.15) is 5.56 Å². The fourth-order valence-corrected chi connectivity index (χ4v) is 1.45. The van der Waals surface area contributed by atoms with Crippen LogP contribution in [0.5, 0.6) is 0 Å². The van der Waals surface area contributed by atoms with Gasteiger partial charge in [-0.3, -0.25) is 0 Å². The van der Waals surface area contributed by atoms with Gasteiger partial charge in [-0.25, -0.2) is 4.39 Å². The highest BCUT2D eigenvalue weighted by Crippen LogP contribution is 2.20. The summed E-state index contributed by atoms with van der Waals surface area (Å²) < 4.78 is 12.9. The van der Waals surface area contributed by atoms with Crippen LogP contribution in [0.2, 0.25) is 0 Å². The van der Waals surface area contributed by atoms with Crippen molar-refractivity contribution in [3.05, 3.63) is 42.0 Å². The van der Waals surface area contributed by atoms with Crippen LogP contribution in [0.25, 0.3) is 0 Å². The number of nitrogens with one attached hydrogen (secondary N) is 2. The van der Waals surface area contributed by atoms with Crippen molar-refractivity contribution in [3.8, 4) is 0 Å². The number of halogens is 1. The number of anilines is 1. The minimum absolute atomic E-state index is 0.187. The van der Waals surface area contributed by atoms with E-state index in [4.69, 9.17) is 0 Å². The van der Waals surface area contributed by atoms with Gasteiger partial charge in [0.1, 0.15) is 5.82 Å². The first-order valence-electron chi connectivity index (χ1n) is 4.24. The molecule has 68 valence electrons. The monoisotopic (exact) mass is 178 g/mol. The van der Waals surface area contributed by atoms with Gasteiger partial charge in [0.2, 0.25) is 0 Å². The lowest BCUT2D eigenvalue weighted by Gasteiger charge is -2.07. The molecule has 0 fully saturated rings. The quantitative estimate of drug-likeness (QED) is 0.633. The highest BCUT2D eigenvalue weighted by molar-refractivity contribution is 5.55. The molecular weight excluding hydrogens is 167 g/mol. The van der Waals surface area contributed by atoms with E-state index in [1.54, 1.807) is 12.1 Å². The van der Waals surface area contributed by atoms with Crippen molar-refractivity contribution in [2.75, 3.05) is 11.9 Å². The Morgan fingerprint density at radius 2 is 2.23 bits per heavy atom. The molecule has 0 saturated heterocycles. The zero-order valence-corrected chi connectivity index (χ0v) is 7.23. The molecule has 2 N–H and O–H groups in total. The Hall–Kier alpha value is -1.51. The van der Waals surface area contributed by atoms with E-state index in [1.165, 1.54) is 6.07 Å². The zero-order valence-electron chi connectivity index (χ0n) is 7.23. The summed E-state index contributed by atoms with van der Waals surface area (Å²) in [7, 11) is 0. The van der Waals surface area contributed by atoms with Crippen molar-refractivity contribution in [3.63, 3.8) is 0 Å². The van der Waals surface area contributed by atoms with Crippen LogP contribution in [0.3, 0.4) is 0 Å². The lowest BCUT2D eigenvalue weighted by molar-refractivity contribution is 0.625. The fourth-order valence-electron chi connectivity index (χ4n) is 1.45. The second-order valence-corrected chi connectivity index (χ2v) is 3.08. The van der Waals surface area contributed by atoms with Crippen LogP contribution in [0, 0.1) is 5.82 Å². The third-order valence-electron chi connectivity index (χ3n) is 2.09. The number of benzene rings is 1. The van der Waals surface area contributed by atoms with Crippen molar-refractivity contribution in [2.45, 2.75) is 6.42 Å². The second kappa shape index (κ2) is 3.09. The Labute approximate surface area is 76.5 Å². The summed E-state index contributed by atoms with van der Waals surface area (Å²) in [6.45, 7) is 4.57. The van der Waals surface area contributed by atoms with Gasteiger partial charge in [0, 0.05) is 12.2 Å². The van der Waals surface area contributed by atoms with Gasteiger partial charge in [0.05, 0.1) is 5.82 Å². The van der Waals surface area contributed by atoms with Gasteiger partial charge in [-0.05, 0) is 30.2 Å². The molecule has 0 radical (unpaired) electrons. The summed E-state index contributed by atoms with van der Waals surface area (Å²) >= 11 is 0. The maximum atomic E-state index is 12.9. The van der Waals surface area contributed by atoms with Crippen LogP contribution in [-0.2, 0) is 6.42 Å². The van der Waals surface area contributed by atoms with Gasteiger partial charge in [-0.15, -0.1) is 0 Å². The normalized spacial score (nSPS) is 15.3. The van der Waals surface area contributed by atoms with Crippen molar-refractivity contribution < 1.29 is 4.39 Å². The SMILES string of the molecule is C=C1NCCc2cc(F)ccc2N1. The molecule has 0 spiro atoms. The summed E-state index contributed by atoms with van der Waals surface area (Å²) in [6, 6.07) is 4.75. The molecule has 0 atom stereocenters. The van der Waals surface area contributed by atoms with Crippen LogP contribution in [-0.4, -0.2) is 6.54 Å². The van der Waals surface area contributed by atoms with Crippen molar-refractivity contribution in [1.29, 1.82) is 0 Å². The maximum Gasteiger partial charge on any atom is 0.123 e. The van der Waals surface area contributed by atoms with Crippen LogP contribution in [0.4, 0.5) is 10.1 Å². The van der Waals surface area contributed by atoms with E-state index in [-0.39, 0.29) is 5.82 Å². The summed E-state index contributed by atoms with van der Waals surface area (Å²) in [4.78, 5) is 0. The molecule has 0 bridgehead atoms. The number of hydrogen-bond donors (Lipinski definition) is 2. The summed E-state index contributed by atoms with van der Waals surface area (Å²) in [5.41, 5.74) is 1.93. The van der Waals surface area contributed by atoms with E-state index in [0.717, 1.165) is 30.0 Å². The van der Waals surface area contributed by atoms with Gasteiger partial charge in [-0.1, -0.05) is 6.58 Å².